The number of allylic oxidation sites excluding steroid dienone is 1. The zero-order chi connectivity index (χ0) is 20.6. The van der Waals surface area contributed by atoms with Crippen molar-refractivity contribution in [2.75, 3.05) is 27.2 Å². The Hall–Kier alpha value is -1.17. The van der Waals surface area contributed by atoms with Gasteiger partial charge in [-0.3, -0.25) is 0 Å². The van der Waals surface area contributed by atoms with Gasteiger partial charge < -0.3 is 19.8 Å². The molecule has 3 aliphatic carbocycles. The fourth-order valence-corrected chi connectivity index (χ4v) is 6.01. The Morgan fingerprint density at radius 1 is 1.32 bits per heavy atom. The number of nitrogens with zero attached hydrogens (tertiary/aromatic N) is 1. The van der Waals surface area contributed by atoms with Crippen molar-refractivity contribution in [3.63, 3.8) is 0 Å². The van der Waals surface area contributed by atoms with Crippen LogP contribution in [0.4, 0.5) is 0 Å². The van der Waals surface area contributed by atoms with Crippen LogP contribution in [-0.2, 0) is 9.53 Å². The third kappa shape index (κ3) is 3.94. The van der Waals surface area contributed by atoms with E-state index in [0.717, 1.165) is 36.8 Å². The number of hydrogen-bond acceptors (Lipinski definition) is 5. The van der Waals surface area contributed by atoms with Gasteiger partial charge in [-0.2, -0.15) is 0 Å². The molecule has 2 saturated carbocycles. The van der Waals surface area contributed by atoms with Crippen LogP contribution < -0.4 is 0 Å². The molecular weight excluding hydrogens is 354 g/mol. The number of aliphatic hydroxyl groups is 2. The van der Waals surface area contributed by atoms with Crippen LogP contribution in [0.1, 0.15) is 52.9 Å². The number of ether oxygens (including phenoxy) is 1. The first-order valence-electron chi connectivity index (χ1n) is 10.7. The molecule has 6 atom stereocenters. The van der Waals surface area contributed by atoms with Crippen LogP contribution in [0, 0.1) is 23.2 Å². The predicted molar refractivity (Wildman–Crippen MR) is 110 cm³/mol. The lowest BCUT2D eigenvalue weighted by Crippen LogP contribution is -2.52. The second kappa shape index (κ2) is 8.29. The summed E-state index contributed by atoms with van der Waals surface area (Å²) in [5.74, 6) is 0.452. The molecule has 0 amide bonds. The van der Waals surface area contributed by atoms with Crippen molar-refractivity contribution < 1.29 is 19.7 Å². The monoisotopic (exact) mass is 391 g/mol. The maximum absolute atomic E-state index is 12.2. The van der Waals surface area contributed by atoms with Gasteiger partial charge in [0.15, 0.2) is 0 Å². The van der Waals surface area contributed by atoms with E-state index in [1.165, 1.54) is 5.57 Å². The number of carbonyl (C=O) groups excluding carboxylic acids is 1. The van der Waals surface area contributed by atoms with Crippen molar-refractivity contribution in [3.8, 4) is 0 Å². The molecule has 0 aromatic rings. The maximum Gasteiger partial charge on any atom is 0.330 e. The van der Waals surface area contributed by atoms with Crippen molar-refractivity contribution in [1.82, 2.24) is 4.90 Å². The molecule has 0 bridgehead atoms. The lowest BCUT2D eigenvalue weighted by molar-refractivity contribution is -0.138. The van der Waals surface area contributed by atoms with Crippen LogP contribution in [0.15, 0.2) is 22.8 Å². The molecule has 28 heavy (non-hydrogen) atoms. The number of aliphatic hydroxyl groups excluding tert-OH is 2. The van der Waals surface area contributed by atoms with E-state index >= 15 is 0 Å². The molecule has 2 N–H and O–H groups in total. The number of carbonyl (C=O) groups is 1. The van der Waals surface area contributed by atoms with Crippen LogP contribution in [0.5, 0.6) is 0 Å². The zero-order valence-corrected chi connectivity index (χ0v) is 18.1. The van der Waals surface area contributed by atoms with Crippen LogP contribution in [-0.4, -0.2) is 60.5 Å². The lowest BCUT2D eigenvalue weighted by atomic mass is 9.49. The third-order valence-corrected chi connectivity index (χ3v) is 7.74. The summed E-state index contributed by atoms with van der Waals surface area (Å²) >= 11 is 0. The van der Waals surface area contributed by atoms with Crippen LogP contribution in [0.3, 0.4) is 0 Å². The first-order chi connectivity index (χ1) is 13.1. The Morgan fingerprint density at radius 3 is 2.71 bits per heavy atom. The highest BCUT2D eigenvalue weighted by Gasteiger charge is 2.54. The third-order valence-electron chi connectivity index (χ3n) is 7.74. The van der Waals surface area contributed by atoms with Crippen molar-refractivity contribution in [1.29, 1.82) is 0 Å². The van der Waals surface area contributed by atoms with E-state index in [1.807, 2.05) is 25.9 Å². The second-order valence-electron chi connectivity index (χ2n) is 9.61. The van der Waals surface area contributed by atoms with Crippen molar-refractivity contribution >= 4 is 5.97 Å². The Labute approximate surface area is 169 Å². The molecular formula is C23H37NO4. The summed E-state index contributed by atoms with van der Waals surface area (Å²) in [6.45, 7) is 7.63. The highest BCUT2D eigenvalue weighted by molar-refractivity contribution is 5.83. The van der Waals surface area contributed by atoms with Gasteiger partial charge in [-0.15, -0.1) is 0 Å². The molecule has 0 heterocycles. The van der Waals surface area contributed by atoms with Crippen LogP contribution >= 0.6 is 0 Å². The Balaban J connectivity index is 1.77. The van der Waals surface area contributed by atoms with E-state index in [2.05, 4.69) is 13.8 Å². The van der Waals surface area contributed by atoms with E-state index < -0.39 is 6.10 Å². The summed E-state index contributed by atoms with van der Waals surface area (Å²) in [6, 6.07) is 0. The number of hydrogen-bond donors (Lipinski definition) is 2. The van der Waals surface area contributed by atoms with Crippen LogP contribution in [0.25, 0.3) is 0 Å². The van der Waals surface area contributed by atoms with E-state index in [0.29, 0.717) is 25.5 Å². The molecule has 5 heteroatoms. The minimum atomic E-state index is -0.420. The molecule has 5 nitrogen and oxygen atoms in total. The fraction of sp³-hybridized carbons (Fsp3) is 0.783. The second-order valence-corrected chi connectivity index (χ2v) is 9.61. The van der Waals surface area contributed by atoms with Crippen molar-refractivity contribution in [2.24, 2.45) is 23.2 Å². The van der Waals surface area contributed by atoms with Crippen molar-refractivity contribution in [2.45, 2.75) is 65.1 Å². The van der Waals surface area contributed by atoms with Gasteiger partial charge in [-0.25, -0.2) is 4.79 Å². The van der Waals surface area contributed by atoms with Gasteiger partial charge in [0.05, 0.1) is 12.2 Å². The predicted octanol–water partition coefficient (Wildman–Crippen LogP) is 2.92. The van der Waals surface area contributed by atoms with Gasteiger partial charge in [0, 0.05) is 12.6 Å². The van der Waals surface area contributed by atoms with Gasteiger partial charge in [0.1, 0.15) is 6.61 Å². The molecule has 158 valence electrons. The van der Waals surface area contributed by atoms with Crippen LogP contribution in [0.2, 0.25) is 0 Å². The summed E-state index contributed by atoms with van der Waals surface area (Å²) in [7, 11) is 3.91. The summed E-state index contributed by atoms with van der Waals surface area (Å²) in [5, 5.41) is 21.3. The molecule has 0 aromatic carbocycles. The molecule has 0 unspecified atom stereocenters. The van der Waals surface area contributed by atoms with E-state index in [1.54, 1.807) is 6.08 Å². The standard InChI is InChI=1S/C23H37NO4/c1-14-16(12-21(27)28-11-10-24(4)5)6-7-17-22(14)20(26)13-18-15(2)19(25)8-9-23(17,18)3/h12,14,17,19-20,22,25-26H,6-11,13H2,1-5H3/b16-12-/t14-,17+,19-,20-,22+,23+/m0/s1. The van der Waals surface area contributed by atoms with Gasteiger partial charge in [-0.05, 0) is 81.9 Å². The normalized spacial score (nSPS) is 39.7. The summed E-state index contributed by atoms with van der Waals surface area (Å²) < 4.78 is 5.34. The molecule has 0 radical (unpaired) electrons. The summed E-state index contributed by atoms with van der Waals surface area (Å²) in [5.41, 5.74) is 3.52. The molecule has 3 aliphatic rings. The molecule has 0 spiro atoms. The quantitative estimate of drug-likeness (QED) is 0.438. The minimum Gasteiger partial charge on any atom is -0.461 e. The zero-order valence-electron chi connectivity index (χ0n) is 18.1. The number of esters is 1. The number of rotatable bonds is 4. The molecule has 2 fully saturated rings. The highest BCUT2D eigenvalue weighted by Crippen LogP contribution is 2.60. The number of fused-ring (bicyclic) bond motifs is 3. The number of likely N-dealkylation sites (N-methyl/N-ethyl adjacent to an activating group) is 1. The largest absolute Gasteiger partial charge is 0.461 e. The first-order valence-corrected chi connectivity index (χ1v) is 10.7. The Morgan fingerprint density at radius 2 is 2.04 bits per heavy atom. The average molecular weight is 392 g/mol. The molecule has 0 aromatic heterocycles. The minimum absolute atomic E-state index is 0.0548. The molecule has 3 rings (SSSR count). The Bertz CT molecular complexity index is 668. The van der Waals surface area contributed by atoms with Gasteiger partial charge in [-0.1, -0.05) is 25.0 Å². The van der Waals surface area contributed by atoms with Crippen molar-refractivity contribution in [3.05, 3.63) is 22.8 Å². The van der Waals surface area contributed by atoms with E-state index in [9.17, 15) is 15.0 Å². The SMILES string of the molecule is CC1=C2C[C@H](O)[C@H]3[C@@H](CC/C(=C/C(=O)OCCN(C)C)[C@@H]3C)[C@@]2(C)CC[C@@H]1O. The van der Waals surface area contributed by atoms with Gasteiger partial charge >= 0.3 is 5.97 Å². The average Bonchev–Trinajstić information content (AvgIpc) is 2.62. The summed E-state index contributed by atoms with van der Waals surface area (Å²) in [6.07, 6.45) is 5.18. The van der Waals surface area contributed by atoms with E-state index in [-0.39, 0.29) is 29.3 Å². The molecule has 0 saturated heterocycles. The maximum atomic E-state index is 12.2. The highest BCUT2D eigenvalue weighted by atomic mass is 16.5. The molecule has 0 aliphatic heterocycles. The topological polar surface area (TPSA) is 70.0 Å². The fourth-order valence-electron chi connectivity index (χ4n) is 6.01. The smallest absolute Gasteiger partial charge is 0.330 e. The van der Waals surface area contributed by atoms with E-state index in [4.69, 9.17) is 4.74 Å². The Kier molecular flexibility index (Phi) is 6.38. The first kappa shape index (κ1) is 21.5. The van der Waals surface area contributed by atoms with Gasteiger partial charge in [0.2, 0.25) is 0 Å². The summed E-state index contributed by atoms with van der Waals surface area (Å²) in [4.78, 5) is 14.2. The lowest BCUT2D eigenvalue weighted by Gasteiger charge is -2.57. The van der Waals surface area contributed by atoms with Gasteiger partial charge in [0.25, 0.3) is 0 Å².